The first-order chi connectivity index (χ1) is 14.2. The third-order valence-corrected chi connectivity index (χ3v) is 5.18. The second-order valence-electron chi connectivity index (χ2n) is 9.84. The van der Waals surface area contributed by atoms with Crippen LogP contribution in [0.15, 0.2) is 18.3 Å². The number of carboxylic acids is 1. The summed E-state index contributed by atoms with van der Waals surface area (Å²) in [5, 5.41) is 10.2. The van der Waals surface area contributed by atoms with Crippen LogP contribution in [0.3, 0.4) is 0 Å². The number of ether oxygens (including phenoxy) is 2. The Bertz CT molecular complexity index is 813. The summed E-state index contributed by atoms with van der Waals surface area (Å²) in [5.74, 6) is -2.45. The SMILES string of the molecule is CC(C)(C)OC(=O)C[C@H](C(=O)N1C[C@H](Oc2ccc(Cl)cn2)C[C@H]1C(=O)O)C(C)(C)C. The number of amides is 1. The van der Waals surface area contributed by atoms with Crippen molar-refractivity contribution in [3.63, 3.8) is 0 Å². The van der Waals surface area contributed by atoms with Crippen LogP contribution in [-0.2, 0) is 19.1 Å². The van der Waals surface area contributed by atoms with Gasteiger partial charge in [-0.25, -0.2) is 9.78 Å². The maximum atomic E-state index is 13.4. The van der Waals surface area contributed by atoms with Crippen molar-refractivity contribution < 1.29 is 29.0 Å². The zero-order valence-corrected chi connectivity index (χ0v) is 19.6. The first-order valence-electron chi connectivity index (χ1n) is 10.2. The molecule has 0 aliphatic carbocycles. The van der Waals surface area contributed by atoms with Crippen molar-refractivity contribution in [1.82, 2.24) is 9.88 Å². The molecule has 0 aromatic carbocycles. The second kappa shape index (κ2) is 9.42. The van der Waals surface area contributed by atoms with Crippen LogP contribution < -0.4 is 4.74 Å². The normalized spacial score (nSPS) is 20.3. The number of aromatic nitrogens is 1. The van der Waals surface area contributed by atoms with E-state index in [2.05, 4.69) is 4.98 Å². The molecule has 0 bridgehead atoms. The highest BCUT2D eigenvalue weighted by atomic mass is 35.5. The Morgan fingerprint density at radius 2 is 1.87 bits per heavy atom. The quantitative estimate of drug-likeness (QED) is 0.655. The Morgan fingerprint density at radius 1 is 1.23 bits per heavy atom. The standard InChI is InChI=1S/C22H31ClN2O6/c1-21(2,3)15(10-18(26)31-22(4,5)6)19(27)25-12-14(9-16(25)20(28)29)30-17-8-7-13(23)11-24-17/h7-8,11,14-16H,9-10,12H2,1-6H3,(H,28,29)/t14-,15-,16+/m1/s1. The van der Waals surface area contributed by atoms with Gasteiger partial charge in [0.2, 0.25) is 11.8 Å². The van der Waals surface area contributed by atoms with Crippen molar-refractivity contribution >= 4 is 29.4 Å². The van der Waals surface area contributed by atoms with E-state index < -0.39 is 46.9 Å². The summed E-state index contributed by atoms with van der Waals surface area (Å²) in [4.78, 5) is 43.1. The topological polar surface area (TPSA) is 106 Å². The van der Waals surface area contributed by atoms with Crippen molar-refractivity contribution in [2.24, 2.45) is 11.3 Å². The zero-order valence-electron chi connectivity index (χ0n) is 18.8. The molecule has 1 fully saturated rings. The summed E-state index contributed by atoms with van der Waals surface area (Å²) in [7, 11) is 0. The Hall–Kier alpha value is -2.35. The molecule has 2 rings (SSSR count). The molecule has 8 nitrogen and oxygen atoms in total. The van der Waals surface area contributed by atoms with E-state index in [0.29, 0.717) is 10.9 Å². The summed E-state index contributed by atoms with van der Waals surface area (Å²) in [6.45, 7) is 10.9. The average Bonchev–Trinajstić information content (AvgIpc) is 3.03. The molecule has 0 spiro atoms. The lowest BCUT2D eigenvalue weighted by Crippen LogP contribution is -2.47. The monoisotopic (exact) mass is 454 g/mol. The fourth-order valence-corrected chi connectivity index (χ4v) is 3.59. The van der Waals surface area contributed by atoms with Crippen molar-refractivity contribution in [2.45, 2.75) is 72.1 Å². The summed E-state index contributed by atoms with van der Waals surface area (Å²) < 4.78 is 11.2. The lowest BCUT2D eigenvalue weighted by molar-refractivity contribution is -0.161. The summed E-state index contributed by atoms with van der Waals surface area (Å²) in [6, 6.07) is 2.16. The minimum absolute atomic E-state index is 0.0843. The van der Waals surface area contributed by atoms with E-state index in [1.165, 1.54) is 11.1 Å². The van der Waals surface area contributed by atoms with E-state index in [4.69, 9.17) is 21.1 Å². The Labute approximate surface area is 187 Å². The summed E-state index contributed by atoms with van der Waals surface area (Å²) in [6.07, 6.45) is 0.877. The zero-order chi connectivity index (χ0) is 23.6. The smallest absolute Gasteiger partial charge is 0.326 e. The number of rotatable bonds is 6. The third-order valence-electron chi connectivity index (χ3n) is 4.95. The largest absolute Gasteiger partial charge is 0.480 e. The molecule has 0 radical (unpaired) electrons. The Morgan fingerprint density at radius 3 is 2.35 bits per heavy atom. The van der Waals surface area contributed by atoms with Gasteiger partial charge in [-0.15, -0.1) is 0 Å². The number of pyridine rings is 1. The Balaban J connectivity index is 2.19. The van der Waals surface area contributed by atoms with E-state index in [1.54, 1.807) is 32.9 Å². The molecule has 1 aromatic rings. The molecule has 1 aliphatic rings. The van der Waals surface area contributed by atoms with Crippen molar-refractivity contribution in [3.8, 4) is 5.88 Å². The van der Waals surface area contributed by atoms with Gasteiger partial charge in [0, 0.05) is 18.7 Å². The predicted octanol–water partition coefficient (Wildman–Crippen LogP) is 3.56. The van der Waals surface area contributed by atoms with Crippen molar-refractivity contribution in [3.05, 3.63) is 23.4 Å². The van der Waals surface area contributed by atoms with E-state index in [9.17, 15) is 19.5 Å². The van der Waals surface area contributed by atoms with Crippen LogP contribution in [-0.4, -0.2) is 57.1 Å². The molecule has 0 unspecified atom stereocenters. The van der Waals surface area contributed by atoms with E-state index >= 15 is 0 Å². The van der Waals surface area contributed by atoms with Gasteiger partial charge in [0.1, 0.15) is 17.7 Å². The minimum atomic E-state index is -1.12. The molecule has 1 amide bonds. The number of carbonyl (C=O) groups excluding carboxylic acids is 2. The van der Waals surface area contributed by atoms with Crippen LogP contribution >= 0.6 is 11.6 Å². The van der Waals surface area contributed by atoms with Crippen molar-refractivity contribution in [2.75, 3.05) is 6.54 Å². The molecule has 1 aromatic heterocycles. The van der Waals surface area contributed by atoms with Gasteiger partial charge in [-0.05, 0) is 32.3 Å². The van der Waals surface area contributed by atoms with Gasteiger partial charge >= 0.3 is 11.9 Å². The Kier molecular flexibility index (Phi) is 7.57. The molecule has 2 heterocycles. The fourth-order valence-electron chi connectivity index (χ4n) is 3.48. The highest BCUT2D eigenvalue weighted by molar-refractivity contribution is 6.30. The number of likely N-dealkylation sites (tertiary alicyclic amines) is 1. The van der Waals surface area contributed by atoms with Gasteiger partial charge in [-0.2, -0.15) is 0 Å². The van der Waals surface area contributed by atoms with Gasteiger partial charge in [0.05, 0.1) is 23.9 Å². The maximum Gasteiger partial charge on any atom is 0.326 e. The maximum absolute atomic E-state index is 13.4. The second-order valence-corrected chi connectivity index (χ2v) is 10.3. The number of halogens is 1. The van der Waals surface area contributed by atoms with Crippen LogP contribution in [0, 0.1) is 11.3 Å². The van der Waals surface area contributed by atoms with Gasteiger partial charge in [-0.1, -0.05) is 32.4 Å². The van der Waals surface area contributed by atoms with Gasteiger partial charge < -0.3 is 19.5 Å². The van der Waals surface area contributed by atoms with Crippen LogP contribution in [0.4, 0.5) is 0 Å². The molecule has 31 heavy (non-hydrogen) atoms. The molecule has 3 atom stereocenters. The fraction of sp³-hybridized carbons (Fsp3) is 0.636. The predicted molar refractivity (Wildman–Crippen MR) is 115 cm³/mol. The van der Waals surface area contributed by atoms with E-state index in [0.717, 1.165) is 0 Å². The first kappa shape index (κ1) is 24.9. The molecule has 172 valence electrons. The molecule has 1 saturated heterocycles. The van der Waals surface area contributed by atoms with Crippen LogP contribution in [0.2, 0.25) is 5.02 Å². The van der Waals surface area contributed by atoms with Crippen molar-refractivity contribution in [1.29, 1.82) is 0 Å². The summed E-state index contributed by atoms with van der Waals surface area (Å²) >= 11 is 5.83. The highest BCUT2D eigenvalue weighted by Gasteiger charge is 2.46. The molecule has 0 saturated carbocycles. The minimum Gasteiger partial charge on any atom is -0.480 e. The van der Waals surface area contributed by atoms with E-state index in [-0.39, 0.29) is 19.4 Å². The molecule has 1 N–H and O–H groups in total. The van der Waals surface area contributed by atoms with Crippen LogP contribution in [0.5, 0.6) is 5.88 Å². The van der Waals surface area contributed by atoms with E-state index in [1.807, 2.05) is 20.8 Å². The number of carbonyl (C=O) groups is 3. The number of nitrogens with zero attached hydrogens (tertiary/aromatic N) is 2. The number of esters is 1. The number of carboxylic acid groups (broad SMARTS) is 1. The van der Waals surface area contributed by atoms with Gasteiger partial charge in [-0.3, -0.25) is 9.59 Å². The first-order valence-corrected chi connectivity index (χ1v) is 10.6. The van der Waals surface area contributed by atoms with Crippen LogP contribution in [0.1, 0.15) is 54.4 Å². The average molecular weight is 455 g/mol. The lowest BCUT2D eigenvalue weighted by Gasteiger charge is -2.34. The van der Waals surface area contributed by atoms with Crippen LogP contribution in [0.25, 0.3) is 0 Å². The highest BCUT2D eigenvalue weighted by Crippen LogP contribution is 2.34. The number of hydrogen-bond acceptors (Lipinski definition) is 6. The lowest BCUT2D eigenvalue weighted by atomic mass is 9.77. The summed E-state index contributed by atoms with van der Waals surface area (Å²) in [5.41, 5.74) is -1.25. The third kappa shape index (κ3) is 7.09. The van der Waals surface area contributed by atoms with Gasteiger partial charge in [0.25, 0.3) is 0 Å². The molecular weight excluding hydrogens is 424 g/mol. The van der Waals surface area contributed by atoms with Gasteiger partial charge in [0.15, 0.2) is 0 Å². The molecule has 9 heteroatoms. The number of aliphatic carboxylic acids is 1. The molecular formula is C22H31ClN2O6. The molecule has 1 aliphatic heterocycles. The number of hydrogen-bond donors (Lipinski definition) is 1.